The maximum Gasteiger partial charge on any atom is 0.0949 e. The van der Waals surface area contributed by atoms with Crippen molar-refractivity contribution in [3.05, 3.63) is 48.3 Å². The van der Waals surface area contributed by atoms with E-state index in [2.05, 4.69) is 9.97 Å². The molecular weight excluding hydrogens is 178 g/mol. The van der Waals surface area contributed by atoms with E-state index in [9.17, 15) is 0 Å². The Morgan fingerprint density at radius 2 is 2.14 bits per heavy atom. The largest absolute Gasteiger partial charge is 0.390 e. The number of rotatable bonds is 3. The van der Waals surface area contributed by atoms with Gasteiger partial charge in [-0.25, -0.2) is 4.98 Å². The van der Waals surface area contributed by atoms with Gasteiger partial charge in [-0.3, -0.25) is 4.98 Å². The molecule has 4 heteroatoms. The lowest BCUT2D eigenvalue weighted by Gasteiger charge is -2.02. The molecule has 4 nitrogen and oxygen atoms in total. The predicted molar refractivity (Wildman–Crippen MR) is 51.5 cm³/mol. The first-order valence-electron chi connectivity index (χ1n) is 4.40. The van der Waals surface area contributed by atoms with Crippen molar-refractivity contribution in [1.29, 1.82) is 0 Å². The first kappa shape index (κ1) is 8.90. The Morgan fingerprint density at radius 1 is 1.29 bits per heavy atom. The fourth-order valence-corrected chi connectivity index (χ4v) is 1.27. The highest BCUT2D eigenvalue weighted by Crippen LogP contribution is 2.01. The van der Waals surface area contributed by atoms with Gasteiger partial charge in [-0.05, 0) is 12.1 Å². The monoisotopic (exact) mass is 189 g/mol. The van der Waals surface area contributed by atoms with Gasteiger partial charge >= 0.3 is 0 Å². The maximum atomic E-state index is 8.91. The Kier molecular flexibility index (Phi) is 2.55. The summed E-state index contributed by atoms with van der Waals surface area (Å²) in [7, 11) is 0. The van der Waals surface area contributed by atoms with Crippen LogP contribution < -0.4 is 0 Å². The second-order valence-corrected chi connectivity index (χ2v) is 3.01. The Morgan fingerprint density at radius 3 is 2.86 bits per heavy atom. The van der Waals surface area contributed by atoms with Crippen molar-refractivity contribution >= 4 is 0 Å². The summed E-state index contributed by atoms with van der Waals surface area (Å²) < 4.78 is 1.93. The van der Waals surface area contributed by atoms with Crippen molar-refractivity contribution in [2.75, 3.05) is 0 Å². The normalized spacial score (nSPS) is 10.4. The maximum absolute atomic E-state index is 8.91. The first-order chi connectivity index (χ1) is 6.88. The van der Waals surface area contributed by atoms with Gasteiger partial charge in [0.2, 0.25) is 0 Å². The van der Waals surface area contributed by atoms with E-state index in [4.69, 9.17) is 5.11 Å². The van der Waals surface area contributed by atoms with Gasteiger partial charge < -0.3 is 9.67 Å². The molecule has 0 aliphatic rings. The summed E-state index contributed by atoms with van der Waals surface area (Å²) in [5.41, 5.74) is 1.62. The first-order valence-corrected chi connectivity index (χ1v) is 4.40. The smallest absolute Gasteiger partial charge is 0.0949 e. The number of aliphatic hydroxyl groups excluding tert-OH is 1. The van der Waals surface area contributed by atoms with E-state index < -0.39 is 0 Å². The molecule has 0 spiro atoms. The molecule has 0 bridgehead atoms. The minimum atomic E-state index is -0.0161. The molecule has 2 rings (SSSR count). The molecule has 0 atom stereocenters. The molecule has 0 radical (unpaired) electrons. The van der Waals surface area contributed by atoms with E-state index >= 15 is 0 Å². The van der Waals surface area contributed by atoms with Crippen molar-refractivity contribution in [3.63, 3.8) is 0 Å². The fraction of sp³-hybridized carbons (Fsp3) is 0.200. The number of aromatic nitrogens is 3. The second kappa shape index (κ2) is 4.02. The SMILES string of the molecule is OCc1cccc(Cn2ccnc2)n1. The van der Waals surface area contributed by atoms with E-state index in [1.165, 1.54) is 0 Å². The highest BCUT2D eigenvalue weighted by atomic mass is 16.3. The minimum absolute atomic E-state index is 0.0161. The molecule has 2 aromatic rings. The van der Waals surface area contributed by atoms with Crippen LogP contribution in [0.25, 0.3) is 0 Å². The van der Waals surface area contributed by atoms with Crippen LogP contribution >= 0.6 is 0 Å². The van der Waals surface area contributed by atoms with Crippen molar-refractivity contribution in [3.8, 4) is 0 Å². The van der Waals surface area contributed by atoms with Crippen molar-refractivity contribution in [2.45, 2.75) is 13.2 Å². The lowest BCUT2D eigenvalue weighted by molar-refractivity contribution is 0.276. The number of imidazole rings is 1. The number of pyridine rings is 1. The zero-order chi connectivity index (χ0) is 9.80. The van der Waals surface area contributed by atoms with Gasteiger partial charge in [0, 0.05) is 12.4 Å². The Hall–Kier alpha value is -1.68. The van der Waals surface area contributed by atoms with Crippen LogP contribution in [0.2, 0.25) is 0 Å². The minimum Gasteiger partial charge on any atom is -0.390 e. The van der Waals surface area contributed by atoms with Crippen LogP contribution in [0.1, 0.15) is 11.4 Å². The average Bonchev–Trinajstić information content (AvgIpc) is 2.71. The molecule has 0 aromatic carbocycles. The number of nitrogens with zero attached hydrogens (tertiary/aromatic N) is 3. The highest BCUT2D eigenvalue weighted by Gasteiger charge is 1.97. The van der Waals surface area contributed by atoms with Gasteiger partial charge in [-0.2, -0.15) is 0 Å². The third kappa shape index (κ3) is 1.97. The molecule has 0 aliphatic carbocycles. The van der Waals surface area contributed by atoms with E-state index in [-0.39, 0.29) is 6.61 Å². The molecule has 14 heavy (non-hydrogen) atoms. The van der Waals surface area contributed by atoms with Crippen LogP contribution in [0.5, 0.6) is 0 Å². The van der Waals surface area contributed by atoms with Crippen LogP contribution in [0, 0.1) is 0 Å². The summed E-state index contributed by atoms with van der Waals surface area (Å²) in [6, 6.07) is 5.63. The predicted octanol–water partition coefficient (Wildman–Crippen LogP) is 0.819. The van der Waals surface area contributed by atoms with Crippen LogP contribution in [0.15, 0.2) is 36.9 Å². The summed E-state index contributed by atoms with van der Waals surface area (Å²) in [6.45, 7) is 0.672. The summed E-state index contributed by atoms with van der Waals surface area (Å²) in [6.07, 6.45) is 5.36. The van der Waals surface area contributed by atoms with Crippen LogP contribution in [0.3, 0.4) is 0 Å². The quantitative estimate of drug-likeness (QED) is 0.777. The third-order valence-corrected chi connectivity index (χ3v) is 1.93. The summed E-state index contributed by atoms with van der Waals surface area (Å²) >= 11 is 0. The van der Waals surface area contributed by atoms with Crippen LogP contribution in [-0.4, -0.2) is 19.6 Å². The molecule has 72 valence electrons. The van der Waals surface area contributed by atoms with E-state index in [1.807, 2.05) is 22.9 Å². The van der Waals surface area contributed by atoms with Gasteiger partial charge in [-0.15, -0.1) is 0 Å². The number of hydrogen-bond donors (Lipinski definition) is 1. The molecule has 0 unspecified atom stereocenters. The van der Waals surface area contributed by atoms with Gasteiger partial charge in [0.25, 0.3) is 0 Å². The second-order valence-electron chi connectivity index (χ2n) is 3.01. The van der Waals surface area contributed by atoms with E-state index in [1.54, 1.807) is 18.6 Å². The van der Waals surface area contributed by atoms with Crippen LogP contribution in [0.4, 0.5) is 0 Å². The Balaban J connectivity index is 2.17. The molecule has 0 amide bonds. The summed E-state index contributed by atoms with van der Waals surface area (Å²) in [4.78, 5) is 8.21. The van der Waals surface area contributed by atoms with Gasteiger partial charge in [0.05, 0.1) is 30.9 Å². The summed E-state index contributed by atoms with van der Waals surface area (Å²) in [5.74, 6) is 0. The van der Waals surface area contributed by atoms with Crippen LogP contribution in [-0.2, 0) is 13.2 Å². The standard InChI is InChI=1S/C10H11N3O/c14-7-10-3-1-2-9(12-10)6-13-5-4-11-8-13/h1-5,8,14H,6-7H2. The van der Waals surface area contributed by atoms with Gasteiger partial charge in [-0.1, -0.05) is 6.07 Å². The number of hydrogen-bond acceptors (Lipinski definition) is 3. The highest BCUT2D eigenvalue weighted by molar-refractivity contribution is 5.11. The third-order valence-electron chi connectivity index (χ3n) is 1.93. The van der Waals surface area contributed by atoms with E-state index in [0.717, 1.165) is 5.69 Å². The number of aliphatic hydroxyl groups is 1. The summed E-state index contributed by atoms with van der Waals surface area (Å²) in [5, 5.41) is 8.91. The average molecular weight is 189 g/mol. The molecule has 0 aliphatic heterocycles. The molecular formula is C10H11N3O. The van der Waals surface area contributed by atoms with Gasteiger partial charge in [0.15, 0.2) is 0 Å². The zero-order valence-corrected chi connectivity index (χ0v) is 7.67. The van der Waals surface area contributed by atoms with Crippen molar-refractivity contribution < 1.29 is 5.11 Å². The lowest BCUT2D eigenvalue weighted by atomic mass is 10.3. The molecule has 2 aromatic heterocycles. The molecule has 1 N–H and O–H groups in total. The van der Waals surface area contributed by atoms with Crippen molar-refractivity contribution in [2.24, 2.45) is 0 Å². The molecule has 0 fully saturated rings. The lowest BCUT2D eigenvalue weighted by Crippen LogP contribution is -2.01. The topological polar surface area (TPSA) is 50.9 Å². The van der Waals surface area contributed by atoms with Crippen molar-refractivity contribution in [1.82, 2.24) is 14.5 Å². The van der Waals surface area contributed by atoms with E-state index in [0.29, 0.717) is 12.2 Å². The molecule has 0 saturated heterocycles. The molecule has 0 saturated carbocycles. The molecule has 2 heterocycles. The van der Waals surface area contributed by atoms with Gasteiger partial charge in [0.1, 0.15) is 0 Å². The zero-order valence-electron chi connectivity index (χ0n) is 7.67. The fourth-order valence-electron chi connectivity index (χ4n) is 1.27. The Labute approximate surface area is 81.9 Å². The Bertz CT molecular complexity index is 398.